The standard InChI is InChI=1S/C21H22O4/c1-14(2)4-8-16-12-18(21(24)13-20(16)23)19(22)11-7-15-5-9-17(25-3)10-6-15/h4-7,9-13,23-24H,8H2,1-3H3. The number of carbonyl (C=O) groups is 1. The Balaban J connectivity index is 2.23. The van der Waals surface area contributed by atoms with Crippen molar-refractivity contribution in [3.8, 4) is 17.2 Å². The molecule has 0 radical (unpaired) electrons. The quantitative estimate of drug-likeness (QED) is 0.462. The van der Waals surface area contributed by atoms with E-state index in [9.17, 15) is 15.0 Å². The minimum absolute atomic E-state index is 0.0225. The summed E-state index contributed by atoms with van der Waals surface area (Å²) in [6.07, 6.45) is 5.52. The molecule has 0 atom stereocenters. The van der Waals surface area contributed by atoms with E-state index in [4.69, 9.17) is 4.74 Å². The van der Waals surface area contributed by atoms with Gasteiger partial charge in [-0.1, -0.05) is 29.9 Å². The van der Waals surface area contributed by atoms with Gasteiger partial charge >= 0.3 is 0 Å². The summed E-state index contributed by atoms with van der Waals surface area (Å²) in [5.74, 6) is 0.156. The Morgan fingerprint density at radius 2 is 1.76 bits per heavy atom. The molecule has 0 saturated carbocycles. The first-order valence-corrected chi connectivity index (χ1v) is 7.95. The highest BCUT2D eigenvalue weighted by atomic mass is 16.5. The summed E-state index contributed by atoms with van der Waals surface area (Å²) >= 11 is 0. The second kappa shape index (κ2) is 8.20. The summed E-state index contributed by atoms with van der Waals surface area (Å²) in [7, 11) is 1.59. The fourth-order valence-electron chi connectivity index (χ4n) is 2.27. The van der Waals surface area contributed by atoms with Gasteiger partial charge in [0.1, 0.15) is 17.2 Å². The third kappa shape index (κ3) is 4.98. The van der Waals surface area contributed by atoms with Gasteiger partial charge in [0.05, 0.1) is 12.7 Å². The molecule has 0 aliphatic heterocycles. The van der Waals surface area contributed by atoms with Crippen molar-refractivity contribution >= 4 is 11.9 Å². The molecule has 0 fully saturated rings. The van der Waals surface area contributed by atoms with Gasteiger partial charge in [-0.2, -0.15) is 0 Å². The van der Waals surface area contributed by atoms with Crippen LogP contribution in [0.25, 0.3) is 6.08 Å². The lowest BCUT2D eigenvalue weighted by Gasteiger charge is -2.07. The van der Waals surface area contributed by atoms with Crippen molar-refractivity contribution in [3.05, 3.63) is 70.8 Å². The third-order valence-corrected chi connectivity index (χ3v) is 3.74. The number of phenolic OH excluding ortho intramolecular Hbond substituents is 2. The van der Waals surface area contributed by atoms with Crippen LogP contribution in [0.5, 0.6) is 17.2 Å². The lowest BCUT2D eigenvalue weighted by atomic mass is 10.0. The summed E-state index contributed by atoms with van der Waals surface area (Å²) in [6, 6.07) is 10.0. The largest absolute Gasteiger partial charge is 0.508 e. The summed E-state index contributed by atoms with van der Waals surface area (Å²) in [5.41, 5.74) is 2.72. The maximum atomic E-state index is 12.4. The van der Waals surface area contributed by atoms with Crippen LogP contribution in [0.1, 0.15) is 35.3 Å². The van der Waals surface area contributed by atoms with E-state index in [1.165, 1.54) is 18.2 Å². The number of benzene rings is 2. The molecule has 0 saturated heterocycles. The Morgan fingerprint density at radius 1 is 1.08 bits per heavy atom. The zero-order chi connectivity index (χ0) is 18.4. The minimum atomic E-state index is -0.327. The highest BCUT2D eigenvalue weighted by Gasteiger charge is 2.13. The highest BCUT2D eigenvalue weighted by Crippen LogP contribution is 2.29. The van der Waals surface area contributed by atoms with E-state index < -0.39 is 0 Å². The van der Waals surface area contributed by atoms with Crippen molar-refractivity contribution in [2.75, 3.05) is 7.11 Å². The second-order valence-electron chi connectivity index (χ2n) is 5.95. The number of ether oxygens (including phenoxy) is 1. The van der Waals surface area contributed by atoms with Crippen molar-refractivity contribution in [1.82, 2.24) is 0 Å². The van der Waals surface area contributed by atoms with E-state index in [2.05, 4.69) is 0 Å². The molecule has 0 bridgehead atoms. The molecular weight excluding hydrogens is 316 g/mol. The Labute approximate surface area is 147 Å². The highest BCUT2D eigenvalue weighted by molar-refractivity contribution is 6.08. The Kier molecular flexibility index (Phi) is 6.01. The van der Waals surface area contributed by atoms with Gasteiger partial charge in [-0.25, -0.2) is 0 Å². The van der Waals surface area contributed by atoms with Gasteiger partial charge in [0.15, 0.2) is 5.78 Å². The number of rotatable bonds is 6. The maximum Gasteiger partial charge on any atom is 0.189 e. The van der Waals surface area contributed by atoms with Crippen LogP contribution < -0.4 is 4.74 Å². The Hall–Kier alpha value is -3.01. The van der Waals surface area contributed by atoms with Crippen LogP contribution in [-0.2, 0) is 6.42 Å². The van der Waals surface area contributed by atoms with Crippen LogP contribution in [0.3, 0.4) is 0 Å². The number of phenols is 2. The van der Waals surface area contributed by atoms with Gasteiger partial charge in [0.25, 0.3) is 0 Å². The van der Waals surface area contributed by atoms with Gasteiger partial charge in [-0.3, -0.25) is 4.79 Å². The molecule has 0 aromatic heterocycles. The number of aromatic hydroxyl groups is 2. The fourth-order valence-corrected chi connectivity index (χ4v) is 2.27. The monoisotopic (exact) mass is 338 g/mol. The van der Waals surface area contributed by atoms with Crippen LogP contribution in [0.15, 0.2) is 54.1 Å². The molecule has 2 aromatic carbocycles. The predicted molar refractivity (Wildman–Crippen MR) is 99.3 cm³/mol. The second-order valence-corrected chi connectivity index (χ2v) is 5.95. The first-order chi connectivity index (χ1) is 11.9. The molecule has 0 amide bonds. The topological polar surface area (TPSA) is 66.8 Å². The summed E-state index contributed by atoms with van der Waals surface area (Å²) in [6.45, 7) is 3.92. The average Bonchev–Trinajstić information content (AvgIpc) is 2.59. The van der Waals surface area contributed by atoms with Crippen LogP contribution in [0, 0.1) is 0 Å². The van der Waals surface area contributed by atoms with Crippen molar-refractivity contribution in [1.29, 1.82) is 0 Å². The van der Waals surface area contributed by atoms with Gasteiger partial charge in [-0.05, 0) is 55.7 Å². The number of hydrogen-bond acceptors (Lipinski definition) is 4. The van der Waals surface area contributed by atoms with Crippen LogP contribution in [0.4, 0.5) is 0 Å². The summed E-state index contributed by atoms with van der Waals surface area (Å²) in [5, 5.41) is 19.9. The van der Waals surface area contributed by atoms with Crippen molar-refractivity contribution in [3.63, 3.8) is 0 Å². The molecule has 4 heteroatoms. The maximum absolute atomic E-state index is 12.4. The number of ketones is 1. The Morgan fingerprint density at radius 3 is 2.36 bits per heavy atom. The number of methoxy groups -OCH3 is 1. The van der Waals surface area contributed by atoms with Gasteiger partial charge in [0.2, 0.25) is 0 Å². The van der Waals surface area contributed by atoms with E-state index in [0.29, 0.717) is 12.0 Å². The molecule has 2 aromatic rings. The number of carbonyl (C=O) groups excluding carboxylic acids is 1. The molecule has 25 heavy (non-hydrogen) atoms. The molecule has 0 spiro atoms. The molecule has 2 rings (SSSR count). The van der Waals surface area contributed by atoms with E-state index in [0.717, 1.165) is 16.9 Å². The Bertz CT molecular complexity index is 811. The molecular formula is C21H22O4. The van der Waals surface area contributed by atoms with Gasteiger partial charge in [-0.15, -0.1) is 0 Å². The predicted octanol–water partition coefficient (Wildman–Crippen LogP) is 4.51. The van der Waals surface area contributed by atoms with Crippen LogP contribution >= 0.6 is 0 Å². The lowest BCUT2D eigenvalue weighted by molar-refractivity contribution is 0.104. The first kappa shape index (κ1) is 18.3. The molecule has 2 N–H and O–H groups in total. The van der Waals surface area contributed by atoms with Crippen molar-refractivity contribution in [2.24, 2.45) is 0 Å². The number of allylic oxidation sites excluding steroid dienone is 3. The summed E-state index contributed by atoms with van der Waals surface area (Å²) in [4.78, 5) is 12.4. The van der Waals surface area contributed by atoms with E-state index in [-0.39, 0.29) is 22.8 Å². The van der Waals surface area contributed by atoms with Crippen LogP contribution in [0.2, 0.25) is 0 Å². The molecule has 130 valence electrons. The minimum Gasteiger partial charge on any atom is -0.508 e. The molecule has 0 unspecified atom stereocenters. The normalized spacial score (nSPS) is 10.7. The molecule has 0 aliphatic rings. The zero-order valence-electron chi connectivity index (χ0n) is 14.6. The van der Waals surface area contributed by atoms with Gasteiger partial charge in [0, 0.05) is 6.07 Å². The lowest BCUT2D eigenvalue weighted by Crippen LogP contribution is -1.97. The van der Waals surface area contributed by atoms with E-state index in [1.54, 1.807) is 25.3 Å². The van der Waals surface area contributed by atoms with E-state index in [1.807, 2.05) is 32.1 Å². The first-order valence-electron chi connectivity index (χ1n) is 7.95. The van der Waals surface area contributed by atoms with Crippen molar-refractivity contribution < 1.29 is 19.7 Å². The fraction of sp³-hybridized carbons (Fsp3) is 0.190. The van der Waals surface area contributed by atoms with Crippen molar-refractivity contribution in [2.45, 2.75) is 20.3 Å². The molecule has 4 nitrogen and oxygen atoms in total. The van der Waals surface area contributed by atoms with Crippen LogP contribution in [-0.4, -0.2) is 23.1 Å². The third-order valence-electron chi connectivity index (χ3n) is 3.74. The molecule has 0 heterocycles. The van der Waals surface area contributed by atoms with E-state index >= 15 is 0 Å². The zero-order valence-corrected chi connectivity index (χ0v) is 14.6. The summed E-state index contributed by atoms with van der Waals surface area (Å²) < 4.78 is 5.09. The number of hydrogen-bond donors (Lipinski definition) is 2. The average molecular weight is 338 g/mol. The molecule has 0 aliphatic carbocycles. The van der Waals surface area contributed by atoms with Gasteiger partial charge < -0.3 is 14.9 Å². The smallest absolute Gasteiger partial charge is 0.189 e. The SMILES string of the molecule is COc1ccc(C=CC(=O)c2cc(CC=C(C)C)c(O)cc2O)cc1.